The third kappa shape index (κ3) is 5.10. The van der Waals surface area contributed by atoms with Crippen LogP contribution in [-0.2, 0) is 0 Å². The monoisotopic (exact) mass is 295 g/mol. The first-order chi connectivity index (χ1) is 9.35. The smallest absolute Gasteiger partial charge is 0.335 e. The minimum atomic E-state index is -1.02. The van der Waals surface area contributed by atoms with E-state index < -0.39 is 5.97 Å². The molecule has 1 N–H and O–H groups in total. The van der Waals surface area contributed by atoms with Gasteiger partial charge in [0.2, 0.25) is 0 Å². The van der Waals surface area contributed by atoms with Crippen LogP contribution in [0.15, 0.2) is 18.2 Å². The molecule has 0 aliphatic heterocycles. The average Bonchev–Trinajstić information content (AvgIpc) is 2.39. The molecule has 0 atom stereocenters. The minimum Gasteiger partial charge on any atom is -0.492 e. The maximum absolute atomic E-state index is 10.8. The van der Waals surface area contributed by atoms with E-state index in [1.807, 2.05) is 13.8 Å². The van der Waals surface area contributed by atoms with E-state index in [1.54, 1.807) is 6.07 Å². The Hall–Kier alpha value is -1.73. The van der Waals surface area contributed by atoms with Gasteiger partial charge in [0, 0.05) is 0 Å². The molecule has 0 unspecified atom stereocenters. The topological polar surface area (TPSA) is 70.3 Å². The molecule has 0 amide bonds. The van der Waals surface area contributed by atoms with Crippen molar-refractivity contribution in [3.63, 3.8) is 0 Å². The molecule has 0 aromatic heterocycles. The SMILES string of the molecule is CC(C)(C#N)CCCCOc1ccc(C(=O)O)cc1Cl. The maximum Gasteiger partial charge on any atom is 0.335 e. The highest BCUT2D eigenvalue weighted by Crippen LogP contribution is 2.26. The molecule has 0 saturated carbocycles. The molecule has 4 nitrogen and oxygen atoms in total. The maximum atomic E-state index is 10.8. The Morgan fingerprint density at radius 1 is 1.45 bits per heavy atom. The number of carboxylic acids is 1. The molecule has 0 aliphatic carbocycles. The van der Waals surface area contributed by atoms with Gasteiger partial charge in [0.25, 0.3) is 0 Å². The number of ether oxygens (including phenoxy) is 1. The highest BCUT2D eigenvalue weighted by atomic mass is 35.5. The molecule has 0 spiro atoms. The van der Waals surface area contributed by atoms with E-state index in [2.05, 4.69) is 6.07 Å². The van der Waals surface area contributed by atoms with Crippen molar-refractivity contribution in [2.75, 3.05) is 6.61 Å². The zero-order chi connectivity index (χ0) is 15.2. The number of aromatic carboxylic acids is 1. The number of benzene rings is 1. The molecule has 0 heterocycles. The lowest BCUT2D eigenvalue weighted by atomic mass is 9.89. The van der Waals surface area contributed by atoms with Gasteiger partial charge in [-0.1, -0.05) is 11.6 Å². The van der Waals surface area contributed by atoms with Gasteiger partial charge < -0.3 is 9.84 Å². The van der Waals surface area contributed by atoms with Crippen LogP contribution in [-0.4, -0.2) is 17.7 Å². The van der Waals surface area contributed by atoms with Crippen molar-refractivity contribution >= 4 is 17.6 Å². The molecule has 0 bridgehead atoms. The first kappa shape index (κ1) is 16.3. The summed E-state index contributed by atoms with van der Waals surface area (Å²) in [5.41, 5.74) is -0.168. The Balaban J connectivity index is 2.40. The number of hydrogen-bond donors (Lipinski definition) is 1. The minimum absolute atomic E-state index is 0.137. The van der Waals surface area contributed by atoms with Crippen LogP contribution in [0.25, 0.3) is 0 Å². The van der Waals surface area contributed by atoms with Crippen molar-refractivity contribution in [2.24, 2.45) is 5.41 Å². The molecule has 1 aromatic rings. The molecule has 5 heteroatoms. The van der Waals surface area contributed by atoms with Gasteiger partial charge in [-0.25, -0.2) is 4.79 Å². The number of carbonyl (C=O) groups is 1. The molecular weight excluding hydrogens is 278 g/mol. The van der Waals surface area contributed by atoms with Gasteiger partial charge in [-0.15, -0.1) is 0 Å². The van der Waals surface area contributed by atoms with Crippen LogP contribution in [0.5, 0.6) is 5.75 Å². The second kappa shape index (κ2) is 7.16. The van der Waals surface area contributed by atoms with Gasteiger partial charge in [-0.05, 0) is 51.3 Å². The summed E-state index contributed by atoms with van der Waals surface area (Å²) < 4.78 is 5.51. The molecule has 1 aromatic carbocycles. The summed E-state index contributed by atoms with van der Waals surface area (Å²) in [6.45, 7) is 4.32. The van der Waals surface area contributed by atoms with E-state index in [9.17, 15) is 4.79 Å². The number of unbranched alkanes of at least 4 members (excludes halogenated alkanes) is 1. The molecule has 0 fully saturated rings. The lowest BCUT2D eigenvalue weighted by Crippen LogP contribution is -2.08. The summed E-state index contributed by atoms with van der Waals surface area (Å²) in [5, 5.41) is 18.0. The molecule has 108 valence electrons. The Kier molecular flexibility index (Phi) is 5.84. The Morgan fingerprint density at radius 2 is 2.15 bits per heavy atom. The third-order valence-corrected chi connectivity index (χ3v) is 3.23. The third-order valence-electron chi connectivity index (χ3n) is 2.94. The van der Waals surface area contributed by atoms with Gasteiger partial charge >= 0.3 is 5.97 Å². The largest absolute Gasteiger partial charge is 0.492 e. The first-order valence-electron chi connectivity index (χ1n) is 6.42. The molecule has 0 aliphatic rings. The van der Waals surface area contributed by atoms with Crippen LogP contribution in [0.1, 0.15) is 43.5 Å². The highest BCUT2D eigenvalue weighted by molar-refractivity contribution is 6.32. The summed E-state index contributed by atoms with van der Waals surface area (Å²) >= 11 is 5.95. The van der Waals surface area contributed by atoms with E-state index in [0.29, 0.717) is 17.4 Å². The molecule has 20 heavy (non-hydrogen) atoms. The van der Waals surface area contributed by atoms with E-state index in [4.69, 9.17) is 26.7 Å². The predicted molar refractivity (Wildman–Crippen MR) is 77.2 cm³/mol. The van der Waals surface area contributed by atoms with E-state index >= 15 is 0 Å². The van der Waals surface area contributed by atoms with E-state index in [-0.39, 0.29) is 11.0 Å². The van der Waals surface area contributed by atoms with Crippen LogP contribution in [0, 0.1) is 16.7 Å². The summed E-state index contributed by atoms with van der Waals surface area (Å²) in [7, 11) is 0. The fourth-order valence-electron chi connectivity index (χ4n) is 1.66. The van der Waals surface area contributed by atoms with Crippen molar-refractivity contribution in [3.8, 4) is 11.8 Å². The highest BCUT2D eigenvalue weighted by Gasteiger charge is 2.15. The second-order valence-corrected chi connectivity index (χ2v) is 5.66. The molecule has 0 radical (unpaired) electrons. The number of nitriles is 1. The zero-order valence-corrected chi connectivity index (χ0v) is 12.4. The van der Waals surface area contributed by atoms with Crippen LogP contribution in [0.3, 0.4) is 0 Å². The summed E-state index contributed by atoms with van der Waals surface area (Å²) in [5.74, 6) is -0.534. The van der Waals surface area contributed by atoms with Gasteiger partial charge in [0.1, 0.15) is 5.75 Å². The quantitative estimate of drug-likeness (QED) is 0.768. The first-order valence-corrected chi connectivity index (χ1v) is 6.80. The van der Waals surface area contributed by atoms with Crippen molar-refractivity contribution in [1.82, 2.24) is 0 Å². The van der Waals surface area contributed by atoms with Crippen LogP contribution >= 0.6 is 11.6 Å². The Morgan fingerprint density at radius 3 is 2.70 bits per heavy atom. The standard InChI is InChI=1S/C15H18ClNO3/c1-15(2,10-17)7-3-4-8-20-13-6-5-11(14(18)19)9-12(13)16/h5-6,9H,3-4,7-8H2,1-2H3,(H,18,19). The average molecular weight is 296 g/mol. The van der Waals surface area contributed by atoms with Crippen LogP contribution < -0.4 is 4.74 Å². The fraction of sp³-hybridized carbons (Fsp3) is 0.467. The normalized spacial score (nSPS) is 10.9. The van der Waals surface area contributed by atoms with Gasteiger partial charge in [-0.3, -0.25) is 0 Å². The molecule has 0 saturated heterocycles. The summed E-state index contributed by atoms with van der Waals surface area (Å²) in [6, 6.07) is 6.65. The fourth-order valence-corrected chi connectivity index (χ4v) is 1.89. The lowest BCUT2D eigenvalue weighted by Gasteiger charge is -2.14. The Labute approximate surface area is 123 Å². The van der Waals surface area contributed by atoms with E-state index in [1.165, 1.54) is 12.1 Å². The van der Waals surface area contributed by atoms with Gasteiger partial charge in [0.15, 0.2) is 0 Å². The van der Waals surface area contributed by atoms with Crippen LogP contribution in [0.4, 0.5) is 0 Å². The van der Waals surface area contributed by atoms with Crippen molar-refractivity contribution < 1.29 is 14.6 Å². The van der Waals surface area contributed by atoms with Gasteiger partial charge in [0.05, 0.1) is 28.7 Å². The second-order valence-electron chi connectivity index (χ2n) is 5.25. The number of halogens is 1. The van der Waals surface area contributed by atoms with Gasteiger partial charge in [-0.2, -0.15) is 5.26 Å². The van der Waals surface area contributed by atoms with Crippen molar-refractivity contribution in [1.29, 1.82) is 5.26 Å². The van der Waals surface area contributed by atoms with Crippen molar-refractivity contribution in [2.45, 2.75) is 33.1 Å². The lowest BCUT2D eigenvalue weighted by molar-refractivity contribution is 0.0697. The summed E-state index contributed by atoms with van der Waals surface area (Å²) in [6.07, 6.45) is 2.53. The number of rotatable bonds is 7. The van der Waals surface area contributed by atoms with Crippen molar-refractivity contribution in [3.05, 3.63) is 28.8 Å². The number of hydrogen-bond acceptors (Lipinski definition) is 3. The summed E-state index contributed by atoms with van der Waals surface area (Å²) in [4.78, 5) is 10.8. The zero-order valence-electron chi connectivity index (χ0n) is 11.6. The molecule has 1 rings (SSSR count). The predicted octanol–water partition coefficient (Wildman–Crippen LogP) is 4.14. The Bertz CT molecular complexity index is 520. The number of carboxylic acid groups (broad SMARTS) is 1. The molecular formula is C15H18ClNO3. The van der Waals surface area contributed by atoms with E-state index in [0.717, 1.165) is 19.3 Å². The number of nitrogens with zero attached hydrogens (tertiary/aromatic N) is 1. The van der Waals surface area contributed by atoms with Crippen LogP contribution in [0.2, 0.25) is 5.02 Å².